The maximum absolute atomic E-state index is 5.85. The largest absolute Gasteiger partial charge is 0.382 e. The summed E-state index contributed by atoms with van der Waals surface area (Å²) in [6.45, 7) is 2.48. The van der Waals surface area contributed by atoms with Crippen LogP contribution in [0.15, 0.2) is 0 Å². The average molecular weight is 214 g/mol. The molecule has 0 N–H and O–H groups in total. The molecule has 4 atom stereocenters. The molecule has 0 saturated carbocycles. The van der Waals surface area contributed by atoms with E-state index in [9.17, 15) is 0 Å². The van der Waals surface area contributed by atoms with E-state index in [1.54, 1.807) is 21.3 Å². The molecule has 5 heteroatoms. The number of rotatable bonds is 5. The smallest absolute Gasteiger partial charge is 0.119 e. The highest BCUT2D eigenvalue weighted by molar-refractivity contribution is 6.11. The van der Waals surface area contributed by atoms with Gasteiger partial charge < -0.3 is 18.9 Å². The van der Waals surface area contributed by atoms with Crippen LogP contribution in [-0.2, 0) is 18.9 Å². The van der Waals surface area contributed by atoms with E-state index in [1.807, 2.05) is 6.92 Å². The second-order valence-corrected chi connectivity index (χ2v) is 3.79. The first-order chi connectivity index (χ1) is 7.15. The van der Waals surface area contributed by atoms with Crippen molar-refractivity contribution in [2.24, 2.45) is 0 Å². The molecule has 0 amide bonds. The second-order valence-electron chi connectivity index (χ2n) is 3.79. The van der Waals surface area contributed by atoms with Crippen LogP contribution < -0.4 is 0 Å². The average Bonchev–Trinajstić information content (AvgIpc) is 2.51. The van der Waals surface area contributed by atoms with Gasteiger partial charge in [-0.05, 0) is 6.42 Å². The van der Waals surface area contributed by atoms with Gasteiger partial charge in [0, 0.05) is 27.3 Å². The molecule has 1 aliphatic rings. The van der Waals surface area contributed by atoms with E-state index in [1.165, 1.54) is 0 Å². The van der Waals surface area contributed by atoms with Gasteiger partial charge in [0.2, 0.25) is 0 Å². The van der Waals surface area contributed by atoms with Gasteiger partial charge in [-0.3, -0.25) is 0 Å². The molecule has 4 nitrogen and oxygen atoms in total. The van der Waals surface area contributed by atoms with Gasteiger partial charge in [-0.1, -0.05) is 6.92 Å². The van der Waals surface area contributed by atoms with Crippen LogP contribution in [0.25, 0.3) is 0 Å². The summed E-state index contributed by atoms with van der Waals surface area (Å²) in [5, 5.41) is 0. The van der Waals surface area contributed by atoms with E-state index < -0.39 is 11.6 Å². The summed E-state index contributed by atoms with van der Waals surface area (Å²) in [6.07, 6.45) is 0.333. The standard InChI is InChI=1S/C10H19BO4/c1-5-10(6-12-2)8(14-4)7(13-3)9(11)15-10/h7-9H,5-6H2,1-4H3/t7-,8+,9?,10-/m1/s1. The highest BCUT2D eigenvalue weighted by atomic mass is 16.6. The van der Waals surface area contributed by atoms with E-state index in [-0.39, 0.29) is 12.2 Å². The first-order valence-electron chi connectivity index (χ1n) is 5.13. The van der Waals surface area contributed by atoms with Gasteiger partial charge in [-0.2, -0.15) is 0 Å². The minimum atomic E-state index is -0.496. The van der Waals surface area contributed by atoms with Crippen molar-refractivity contribution in [1.82, 2.24) is 0 Å². The van der Waals surface area contributed by atoms with E-state index in [4.69, 9.17) is 26.8 Å². The Bertz CT molecular complexity index is 202. The zero-order valence-electron chi connectivity index (χ0n) is 9.86. The van der Waals surface area contributed by atoms with Gasteiger partial charge in [0.25, 0.3) is 0 Å². The quantitative estimate of drug-likeness (QED) is 0.618. The van der Waals surface area contributed by atoms with E-state index in [2.05, 4.69) is 0 Å². The molecule has 1 fully saturated rings. The summed E-state index contributed by atoms with van der Waals surface area (Å²) in [6, 6.07) is -0.463. The molecule has 1 rings (SSSR count). The fourth-order valence-corrected chi connectivity index (χ4v) is 2.23. The number of ether oxygens (including phenoxy) is 4. The van der Waals surface area contributed by atoms with Crippen LogP contribution in [0.5, 0.6) is 0 Å². The topological polar surface area (TPSA) is 36.9 Å². The predicted octanol–water partition coefficient (Wildman–Crippen LogP) is 0.336. The maximum atomic E-state index is 5.85. The Kier molecular flexibility index (Phi) is 4.58. The minimum absolute atomic E-state index is 0.192. The van der Waals surface area contributed by atoms with Gasteiger partial charge in [-0.15, -0.1) is 0 Å². The zero-order chi connectivity index (χ0) is 11.5. The van der Waals surface area contributed by atoms with E-state index in [0.717, 1.165) is 6.42 Å². The van der Waals surface area contributed by atoms with Crippen LogP contribution in [-0.4, -0.2) is 59.6 Å². The number of methoxy groups -OCH3 is 3. The van der Waals surface area contributed by atoms with Crippen LogP contribution in [0.3, 0.4) is 0 Å². The first kappa shape index (κ1) is 13.0. The van der Waals surface area contributed by atoms with Crippen LogP contribution in [0.2, 0.25) is 0 Å². The lowest BCUT2D eigenvalue weighted by Crippen LogP contribution is -2.47. The van der Waals surface area contributed by atoms with Crippen LogP contribution >= 0.6 is 0 Å². The Labute approximate surface area is 92.6 Å². The first-order valence-corrected chi connectivity index (χ1v) is 5.13. The molecule has 1 unspecified atom stereocenters. The Morgan fingerprint density at radius 1 is 1.27 bits per heavy atom. The molecule has 0 aromatic heterocycles. The molecule has 0 bridgehead atoms. The lowest BCUT2D eigenvalue weighted by molar-refractivity contribution is -0.122. The molecule has 0 aromatic rings. The molecule has 0 spiro atoms. The highest BCUT2D eigenvalue weighted by Crippen LogP contribution is 2.36. The Balaban J connectivity index is 2.87. The Hall–Kier alpha value is -0.0951. The van der Waals surface area contributed by atoms with Gasteiger partial charge in [-0.25, -0.2) is 0 Å². The van der Waals surface area contributed by atoms with Crippen molar-refractivity contribution >= 4 is 7.85 Å². The van der Waals surface area contributed by atoms with Crippen molar-refractivity contribution < 1.29 is 18.9 Å². The molecule has 0 aliphatic carbocycles. The summed E-state index contributed by atoms with van der Waals surface area (Å²) < 4.78 is 21.7. The third-order valence-electron chi connectivity index (χ3n) is 3.02. The van der Waals surface area contributed by atoms with Gasteiger partial charge in [0.05, 0.1) is 6.61 Å². The van der Waals surface area contributed by atoms with Crippen molar-refractivity contribution in [1.29, 1.82) is 0 Å². The summed E-state index contributed by atoms with van der Waals surface area (Å²) in [7, 11) is 10.7. The normalized spacial score (nSPS) is 40.9. The summed E-state index contributed by atoms with van der Waals surface area (Å²) in [5.41, 5.74) is -0.496. The third-order valence-corrected chi connectivity index (χ3v) is 3.02. The van der Waals surface area contributed by atoms with Crippen molar-refractivity contribution in [3.05, 3.63) is 0 Å². The van der Waals surface area contributed by atoms with Crippen molar-refractivity contribution in [2.75, 3.05) is 27.9 Å². The maximum Gasteiger partial charge on any atom is 0.119 e. The fraction of sp³-hybridized carbons (Fsp3) is 1.00. The van der Waals surface area contributed by atoms with Gasteiger partial charge in [0.1, 0.15) is 25.7 Å². The monoisotopic (exact) mass is 214 g/mol. The summed E-state index contributed by atoms with van der Waals surface area (Å²) in [4.78, 5) is 0. The molecule has 1 aliphatic heterocycles. The van der Waals surface area contributed by atoms with Crippen molar-refractivity contribution in [3.63, 3.8) is 0 Å². The van der Waals surface area contributed by atoms with Crippen LogP contribution in [0, 0.1) is 0 Å². The lowest BCUT2D eigenvalue weighted by Gasteiger charge is -2.32. The minimum Gasteiger partial charge on any atom is -0.382 e. The summed E-state index contributed by atoms with van der Waals surface area (Å²) in [5.74, 6) is 0. The second kappa shape index (κ2) is 5.30. The SMILES string of the molecule is [B]C1O[C@](CC)(COC)[C@@H](OC)[C@H]1OC. The molecular formula is C10H19BO4. The molecular weight excluding hydrogens is 195 g/mol. The molecule has 15 heavy (non-hydrogen) atoms. The molecule has 1 heterocycles. The van der Waals surface area contributed by atoms with Crippen molar-refractivity contribution in [2.45, 2.75) is 37.2 Å². The molecule has 0 aromatic carbocycles. The van der Waals surface area contributed by atoms with E-state index >= 15 is 0 Å². The van der Waals surface area contributed by atoms with Gasteiger partial charge in [0.15, 0.2) is 0 Å². The predicted molar refractivity (Wildman–Crippen MR) is 57.1 cm³/mol. The molecule has 1 saturated heterocycles. The number of hydrogen-bond acceptors (Lipinski definition) is 4. The van der Waals surface area contributed by atoms with Gasteiger partial charge >= 0.3 is 0 Å². The highest BCUT2D eigenvalue weighted by Gasteiger charge is 2.53. The molecule has 2 radical (unpaired) electrons. The Morgan fingerprint density at radius 2 is 1.93 bits per heavy atom. The number of hydrogen-bond donors (Lipinski definition) is 0. The Morgan fingerprint density at radius 3 is 2.33 bits per heavy atom. The van der Waals surface area contributed by atoms with E-state index in [0.29, 0.717) is 6.61 Å². The third kappa shape index (κ3) is 2.20. The fourth-order valence-electron chi connectivity index (χ4n) is 2.23. The van der Waals surface area contributed by atoms with Crippen molar-refractivity contribution in [3.8, 4) is 0 Å². The lowest BCUT2D eigenvalue weighted by atomic mass is 9.88. The summed E-state index contributed by atoms with van der Waals surface area (Å²) >= 11 is 0. The van der Waals surface area contributed by atoms with Crippen LogP contribution in [0.4, 0.5) is 0 Å². The van der Waals surface area contributed by atoms with Crippen LogP contribution in [0.1, 0.15) is 13.3 Å². The zero-order valence-corrected chi connectivity index (χ0v) is 9.86. The molecule has 86 valence electrons.